The number of hydrogen-bond acceptors (Lipinski definition) is 3. The molecule has 0 saturated heterocycles. The van der Waals surface area contributed by atoms with Crippen molar-refractivity contribution < 1.29 is 4.79 Å². The van der Waals surface area contributed by atoms with Gasteiger partial charge in [-0.15, -0.1) is 12.4 Å². The Morgan fingerprint density at radius 3 is 2.70 bits per heavy atom. The SMILES string of the molecule is CN(C)c1cccc(C(=O)NCc2ccc3c(c2)CNC3)c1.Cl. The maximum atomic E-state index is 12.3. The molecule has 3 rings (SSSR count). The second kappa shape index (κ2) is 7.49. The zero-order chi connectivity index (χ0) is 15.5. The van der Waals surface area contributed by atoms with Crippen LogP contribution in [0.15, 0.2) is 42.5 Å². The van der Waals surface area contributed by atoms with Crippen LogP contribution in [0.5, 0.6) is 0 Å². The quantitative estimate of drug-likeness (QED) is 0.905. The molecule has 122 valence electrons. The highest BCUT2D eigenvalue weighted by Crippen LogP contribution is 2.17. The van der Waals surface area contributed by atoms with Gasteiger partial charge in [-0.25, -0.2) is 0 Å². The number of rotatable bonds is 4. The number of benzene rings is 2. The standard InChI is InChI=1S/C18H21N3O.ClH/c1-21(2)17-5-3-4-14(9-17)18(22)20-10-13-6-7-15-11-19-12-16(15)8-13;/h3-9,19H,10-12H2,1-2H3,(H,20,22);1H. The molecule has 4 nitrogen and oxygen atoms in total. The minimum Gasteiger partial charge on any atom is -0.378 e. The molecular weight excluding hydrogens is 310 g/mol. The molecular formula is C18H22ClN3O. The van der Waals surface area contributed by atoms with Gasteiger partial charge in [0.05, 0.1) is 0 Å². The largest absolute Gasteiger partial charge is 0.378 e. The van der Waals surface area contributed by atoms with Crippen LogP contribution < -0.4 is 15.5 Å². The minimum atomic E-state index is -0.0395. The molecule has 0 saturated carbocycles. The van der Waals surface area contributed by atoms with Crippen LogP contribution in [0, 0.1) is 0 Å². The lowest BCUT2D eigenvalue weighted by atomic mass is 10.1. The van der Waals surface area contributed by atoms with Crippen molar-refractivity contribution in [2.24, 2.45) is 0 Å². The van der Waals surface area contributed by atoms with Gasteiger partial charge in [0.25, 0.3) is 5.91 Å². The third-order valence-corrected chi connectivity index (χ3v) is 3.98. The molecule has 0 bridgehead atoms. The molecule has 0 fully saturated rings. The Labute approximate surface area is 143 Å². The summed E-state index contributed by atoms with van der Waals surface area (Å²) < 4.78 is 0. The lowest BCUT2D eigenvalue weighted by molar-refractivity contribution is 0.0951. The molecule has 0 unspecified atom stereocenters. The summed E-state index contributed by atoms with van der Waals surface area (Å²) >= 11 is 0. The summed E-state index contributed by atoms with van der Waals surface area (Å²) in [7, 11) is 3.94. The molecule has 0 radical (unpaired) electrons. The molecule has 0 aromatic heterocycles. The molecule has 2 aromatic rings. The van der Waals surface area contributed by atoms with Gasteiger partial charge in [0.15, 0.2) is 0 Å². The topological polar surface area (TPSA) is 44.4 Å². The fraction of sp³-hybridized carbons (Fsp3) is 0.278. The summed E-state index contributed by atoms with van der Waals surface area (Å²) in [6.45, 7) is 2.42. The monoisotopic (exact) mass is 331 g/mol. The minimum absolute atomic E-state index is 0. The van der Waals surface area contributed by atoms with Crippen molar-refractivity contribution in [2.75, 3.05) is 19.0 Å². The van der Waals surface area contributed by atoms with Crippen LogP contribution in [-0.2, 0) is 19.6 Å². The van der Waals surface area contributed by atoms with Crippen molar-refractivity contribution in [3.63, 3.8) is 0 Å². The second-order valence-electron chi connectivity index (χ2n) is 5.83. The van der Waals surface area contributed by atoms with Crippen LogP contribution in [0.3, 0.4) is 0 Å². The van der Waals surface area contributed by atoms with E-state index in [1.165, 1.54) is 11.1 Å². The Morgan fingerprint density at radius 2 is 1.91 bits per heavy atom. The van der Waals surface area contributed by atoms with Crippen molar-refractivity contribution in [2.45, 2.75) is 19.6 Å². The Morgan fingerprint density at radius 1 is 1.13 bits per heavy atom. The fourth-order valence-corrected chi connectivity index (χ4v) is 2.67. The number of anilines is 1. The van der Waals surface area contributed by atoms with Gasteiger partial charge in [-0.1, -0.05) is 24.3 Å². The molecule has 1 heterocycles. The van der Waals surface area contributed by atoms with Crippen LogP contribution in [0.4, 0.5) is 5.69 Å². The molecule has 23 heavy (non-hydrogen) atoms. The second-order valence-corrected chi connectivity index (χ2v) is 5.83. The highest BCUT2D eigenvalue weighted by atomic mass is 35.5. The summed E-state index contributed by atoms with van der Waals surface area (Å²) in [5.41, 5.74) is 5.54. The van der Waals surface area contributed by atoms with E-state index in [0.29, 0.717) is 12.1 Å². The Hall–Kier alpha value is -2.04. The summed E-state index contributed by atoms with van der Waals surface area (Å²) in [5.74, 6) is -0.0395. The van der Waals surface area contributed by atoms with Gasteiger partial charge in [0.2, 0.25) is 0 Å². The van der Waals surface area contributed by atoms with Crippen molar-refractivity contribution in [3.8, 4) is 0 Å². The fourth-order valence-electron chi connectivity index (χ4n) is 2.67. The Bertz CT molecular complexity index is 700. The van der Waals surface area contributed by atoms with Crippen LogP contribution >= 0.6 is 12.4 Å². The van der Waals surface area contributed by atoms with Crippen LogP contribution in [0.25, 0.3) is 0 Å². The first-order valence-electron chi connectivity index (χ1n) is 7.50. The lowest BCUT2D eigenvalue weighted by Crippen LogP contribution is -2.23. The molecule has 5 heteroatoms. The number of carbonyl (C=O) groups is 1. The van der Waals surface area contributed by atoms with Gasteiger partial charge in [0.1, 0.15) is 0 Å². The van der Waals surface area contributed by atoms with Crippen molar-refractivity contribution in [3.05, 3.63) is 64.7 Å². The maximum Gasteiger partial charge on any atom is 0.251 e. The van der Waals surface area contributed by atoms with Gasteiger partial charge >= 0.3 is 0 Å². The van der Waals surface area contributed by atoms with E-state index >= 15 is 0 Å². The number of halogens is 1. The molecule has 2 aromatic carbocycles. The number of hydrogen-bond donors (Lipinski definition) is 2. The molecule has 1 aliphatic heterocycles. The number of amides is 1. The van der Waals surface area contributed by atoms with Gasteiger partial charge < -0.3 is 15.5 Å². The predicted molar refractivity (Wildman–Crippen MR) is 96.2 cm³/mol. The first kappa shape index (κ1) is 17.3. The molecule has 1 aliphatic rings. The predicted octanol–water partition coefficient (Wildman–Crippen LogP) is 2.71. The third-order valence-electron chi connectivity index (χ3n) is 3.98. The highest BCUT2D eigenvalue weighted by molar-refractivity contribution is 5.95. The van der Waals surface area contributed by atoms with Gasteiger partial charge in [-0.05, 0) is 34.9 Å². The van der Waals surface area contributed by atoms with Crippen molar-refractivity contribution in [1.82, 2.24) is 10.6 Å². The lowest BCUT2D eigenvalue weighted by Gasteiger charge is -2.13. The smallest absolute Gasteiger partial charge is 0.251 e. The zero-order valence-electron chi connectivity index (χ0n) is 13.4. The van der Waals surface area contributed by atoms with Gasteiger partial charge in [-0.3, -0.25) is 4.79 Å². The van der Waals surface area contributed by atoms with Crippen molar-refractivity contribution in [1.29, 1.82) is 0 Å². The molecule has 1 amide bonds. The number of carbonyl (C=O) groups excluding carboxylic acids is 1. The van der Waals surface area contributed by atoms with E-state index in [-0.39, 0.29) is 18.3 Å². The van der Waals surface area contributed by atoms with E-state index in [1.54, 1.807) is 0 Å². The summed E-state index contributed by atoms with van der Waals surface area (Å²) in [4.78, 5) is 14.3. The Balaban J connectivity index is 0.00000192. The van der Waals surface area contributed by atoms with Gasteiger partial charge in [-0.2, -0.15) is 0 Å². The highest BCUT2D eigenvalue weighted by Gasteiger charge is 2.11. The zero-order valence-corrected chi connectivity index (χ0v) is 14.2. The first-order chi connectivity index (χ1) is 10.6. The van der Waals surface area contributed by atoms with E-state index in [0.717, 1.165) is 24.3 Å². The van der Waals surface area contributed by atoms with Crippen LogP contribution in [-0.4, -0.2) is 20.0 Å². The third kappa shape index (κ3) is 4.03. The average molecular weight is 332 g/mol. The van der Waals surface area contributed by atoms with E-state index in [2.05, 4.69) is 28.8 Å². The van der Waals surface area contributed by atoms with Crippen LogP contribution in [0.1, 0.15) is 27.0 Å². The number of nitrogens with one attached hydrogen (secondary N) is 2. The number of nitrogens with zero attached hydrogens (tertiary/aromatic N) is 1. The van der Waals surface area contributed by atoms with E-state index in [4.69, 9.17) is 0 Å². The van der Waals surface area contributed by atoms with Crippen molar-refractivity contribution >= 4 is 24.0 Å². The average Bonchev–Trinajstić information content (AvgIpc) is 3.00. The molecule has 0 spiro atoms. The van der Waals surface area contributed by atoms with E-state index in [9.17, 15) is 4.79 Å². The van der Waals surface area contributed by atoms with E-state index < -0.39 is 0 Å². The van der Waals surface area contributed by atoms with E-state index in [1.807, 2.05) is 43.3 Å². The molecule has 0 atom stereocenters. The summed E-state index contributed by atoms with van der Waals surface area (Å²) in [5, 5.41) is 6.33. The number of fused-ring (bicyclic) bond motifs is 1. The van der Waals surface area contributed by atoms with Crippen LogP contribution in [0.2, 0.25) is 0 Å². The molecule has 2 N–H and O–H groups in total. The molecule has 0 aliphatic carbocycles. The van der Waals surface area contributed by atoms with Gasteiger partial charge in [0, 0.05) is 45.0 Å². The maximum absolute atomic E-state index is 12.3. The summed E-state index contributed by atoms with van der Waals surface area (Å²) in [6.07, 6.45) is 0. The Kier molecular flexibility index (Phi) is 5.64. The summed E-state index contributed by atoms with van der Waals surface area (Å²) in [6, 6.07) is 14.0. The normalized spacial score (nSPS) is 12.3. The first-order valence-corrected chi connectivity index (χ1v) is 7.50.